The van der Waals surface area contributed by atoms with Gasteiger partial charge in [-0.25, -0.2) is 0 Å². The summed E-state index contributed by atoms with van der Waals surface area (Å²) in [5.74, 6) is -0.888. The third-order valence-electron chi connectivity index (χ3n) is 4.55. The molecule has 126 valence electrons. The molecule has 1 aromatic carbocycles. The van der Waals surface area contributed by atoms with Gasteiger partial charge in [0.1, 0.15) is 0 Å². The molecule has 0 saturated heterocycles. The van der Waals surface area contributed by atoms with Crippen molar-refractivity contribution >= 4 is 17.3 Å². The molecule has 0 bridgehead atoms. The smallest absolute Gasteiger partial charge is 0.307 e. The second kappa shape index (κ2) is 6.01. The van der Waals surface area contributed by atoms with Gasteiger partial charge in [0.25, 0.3) is 5.56 Å². The summed E-state index contributed by atoms with van der Waals surface area (Å²) in [5.41, 5.74) is 4.04. The van der Waals surface area contributed by atoms with Crippen molar-refractivity contribution in [3.8, 4) is 21.7 Å². The van der Waals surface area contributed by atoms with E-state index in [4.69, 9.17) is 0 Å². The van der Waals surface area contributed by atoms with Crippen molar-refractivity contribution in [3.63, 3.8) is 0 Å². The van der Waals surface area contributed by atoms with Crippen molar-refractivity contribution in [1.82, 2.24) is 4.57 Å². The van der Waals surface area contributed by atoms with E-state index < -0.39 is 5.97 Å². The Morgan fingerprint density at radius 2 is 2.00 bits per heavy atom. The summed E-state index contributed by atoms with van der Waals surface area (Å²) in [6, 6.07) is 13.4. The summed E-state index contributed by atoms with van der Waals surface area (Å²) in [7, 11) is 0. The molecule has 4 rings (SSSR count). The van der Waals surface area contributed by atoms with E-state index in [1.165, 1.54) is 10.4 Å². The van der Waals surface area contributed by atoms with Crippen LogP contribution in [0.25, 0.3) is 21.7 Å². The Hall–Kier alpha value is -2.66. The van der Waals surface area contributed by atoms with Gasteiger partial charge in [0.05, 0.1) is 17.0 Å². The number of carboxylic acids is 1. The lowest BCUT2D eigenvalue weighted by molar-refractivity contribution is -0.136. The number of aromatic nitrogens is 1. The lowest BCUT2D eigenvalue weighted by Gasteiger charge is -2.23. The maximum atomic E-state index is 13.1. The third-order valence-corrected chi connectivity index (χ3v) is 5.65. The molecule has 4 nitrogen and oxygen atoms in total. The van der Waals surface area contributed by atoms with Crippen LogP contribution in [0.5, 0.6) is 0 Å². The zero-order chi connectivity index (χ0) is 17.6. The number of carbonyl (C=O) groups is 1. The van der Waals surface area contributed by atoms with Crippen LogP contribution in [0.15, 0.2) is 47.3 Å². The number of hydrogen-bond acceptors (Lipinski definition) is 3. The molecule has 0 saturated carbocycles. The second-order valence-electron chi connectivity index (χ2n) is 6.29. The van der Waals surface area contributed by atoms with E-state index in [0.717, 1.165) is 22.6 Å². The number of nitrogens with zero attached hydrogens (tertiary/aromatic N) is 1. The summed E-state index contributed by atoms with van der Waals surface area (Å²) in [6.07, 6.45) is 0.711. The van der Waals surface area contributed by atoms with Crippen LogP contribution in [-0.2, 0) is 24.2 Å². The van der Waals surface area contributed by atoms with Crippen molar-refractivity contribution < 1.29 is 9.90 Å². The minimum atomic E-state index is -0.888. The minimum absolute atomic E-state index is 0.0490. The topological polar surface area (TPSA) is 59.3 Å². The van der Waals surface area contributed by atoms with Crippen LogP contribution in [0.3, 0.4) is 0 Å². The predicted octanol–water partition coefficient (Wildman–Crippen LogP) is 3.74. The van der Waals surface area contributed by atoms with Gasteiger partial charge in [-0.1, -0.05) is 30.3 Å². The Balaban J connectivity index is 2.02. The van der Waals surface area contributed by atoms with Gasteiger partial charge in [0.2, 0.25) is 0 Å². The largest absolute Gasteiger partial charge is 0.481 e. The highest BCUT2D eigenvalue weighted by atomic mass is 32.1. The van der Waals surface area contributed by atoms with Crippen LogP contribution >= 0.6 is 11.3 Å². The van der Waals surface area contributed by atoms with Crippen LogP contribution in [-0.4, -0.2) is 15.6 Å². The van der Waals surface area contributed by atoms with Crippen molar-refractivity contribution in [2.24, 2.45) is 0 Å². The van der Waals surface area contributed by atoms with E-state index >= 15 is 0 Å². The van der Waals surface area contributed by atoms with Gasteiger partial charge in [-0.05, 0) is 42.2 Å². The first kappa shape index (κ1) is 15.8. The average molecular weight is 351 g/mol. The van der Waals surface area contributed by atoms with E-state index in [0.29, 0.717) is 17.7 Å². The average Bonchev–Trinajstić information content (AvgIpc) is 2.97. The zero-order valence-corrected chi connectivity index (χ0v) is 14.6. The molecule has 25 heavy (non-hydrogen) atoms. The summed E-state index contributed by atoms with van der Waals surface area (Å²) < 4.78 is 1.76. The predicted molar refractivity (Wildman–Crippen MR) is 99.2 cm³/mol. The van der Waals surface area contributed by atoms with E-state index in [9.17, 15) is 14.7 Å². The maximum Gasteiger partial charge on any atom is 0.307 e. The zero-order valence-electron chi connectivity index (χ0n) is 13.8. The second-order valence-corrected chi connectivity index (χ2v) is 7.54. The minimum Gasteiger partial charge on any atom is -0.481 e. The van der Waals surface area contributed by atoms with Crippen LogP contribution in [0.2, 0.25) is 0 Å². The molecule has 1 aliphatic heterocycles. The molecule has 1 aliphatic rings. The molecule has 0 aliphatic carbocycles. The molecule has 0 spiro atoms. The monoisotopic (exact) mass is 351 g/mol. The fourth-order valence-electron chi connectivity index (χ4n) is 3.51. The molecule has 0 atom stereocenters. The number of pyridine rings is 1. The lowest BCUT2D eigenvalue weighted by Crippen LogP contribution is -2.28. The fourth-order valence-corrected chi connectivity index (χ4v) is 4.67. The van der Waals surface area contributed by atoms with Crippen LogP contribution < -0.4 is 5.56 Å². The van der Waals surface area contributed by atoms with Crippen molar-refractivity contribution in [1.29, 1.82) is 0 Å². The highest BCUT2D eigenvalue weighted by molar-refractivity contribution is 7.15. The first-order chi connectivity index (χ1) is 12.0. The number of aliphatic carboxylic acids is 1. The number of benzene rings is 1. The van der Waals surface area contributed by atoms with Crippen LogP contribution in [0.4, 0.5) is 0 Å². The Morgan fingerprint density at radius 1 is 1.24 bits per heavy atom. The number of carboxylic acid groups (broad SMARTS) is 1. The van der Waals surface area contributed by atoms with E-state index in [2.05, 4.69) is 6.07 Å². The Bertz CT molecular complexity index is 1030. The van der Waals surface area contributed by atoms with Crippen molar-refractivity contribution in [2.75, 3.05) is 0 Å². The van der Waals surface area contributed by atoms with Gasteiger partial charge in [0.15, 0.2) is 0 Å². The summed E-state index contributed by atoms with van der Waals surface area (Å²) >= 11 is 1.63. The van der Waals surface area contributed by atoms with E-state index in [1.54, 1.807) is 22.0 Å². The Kier molecular flexibility index (Phi) is 3.81. The Labute approximate surface area is 149 Å². The molecule has 0 fully saturated rings. The molecular weight excluding hydrogens is 334 g/mol. The Morgan fingerprint density at radius 3 is 2.72 bits per heavy atom. The summed E-state index contributed by atoms with van der Waals surface area (Å²) in [4.78, 5) is 26.7. The van der Waals surface area contributed by atoms with E-state index in [-0.39, 0.29) is 12.0 Å². The van der Waals surface area contributed by atoms with Gasteiger partial charge < -0.3 is 9.67 Å². The highest BCUT2D eigenvalue weighted by Crippen LogP contribution is 2.38. The summed E-state index contributed by atoms with van der Waals surface area (Å²) in [6.45, 7) is 2.63. The first-order valence-electron chi connectivity index (χ1n) is 8.18. The summed E-state index contributed by atoms with van der Waals surface area (Å²) in [5, 5.41) is 9.37. The maximum absolute atomic E-state index is 13.1. The highest BCUT2D eigenvalue weighted by Gasteiger charge is 2.25. The van der Waals surface area contributed by atoms with Crippen LogP contribution in [0.1, 0.15) is 16.0 Å². The quantitative estimate of drug-likeness (QED) is 0.782. The number of thiophene rings is 1. The normalized spacial score (nSPS) is 12.5. The van der Waals surface area contributed by atoms with Gasteiger partial charge in [0, 0.05) is 17.0 Å². The number of hydrogen-bond donors (Lipinski definition) is 1. The molecule has 0 radical (unpaired) electrons. The van der Waals surface area contributed by atoms with Crippen LogP contribution in [0, 0.1) is 6.92 Å². The molecule has 3 heterocycles. The molecule has 3 aromatic rings. The van der Waals surface area contributed by atoms with Crippen molar-refractivity contribution in [2.45, 2.75) is 26.3 Å². The number of fused-ring (bicyclic) bond motifs is 3. The lowest BCUT2D eigenvalue weighted by atomic mass is 9.96. The fraction of sp³-hybridized carbons (Fsp3) is 0.200. The molecule has 0 unspecified atom stereocenters. The molecule has 1 N–H and O–H groups in total. The number of rotatable bonds is 3. The van der Waals surface area contributed by atoms with Gasteiger partial charge in [-0.3, -0.25) is 9.59 Å². The molecule has 0 amide bonds. The molecule has 5 heteroatoms. The standard InChI is InChI=1S/C20H17NO3S/c1-12-9-14-7-8-21-18(19(14)25-12)15(11-17(22)23)10-16(20(21)24)13-5-3-2-4-6-13/h2-6,9-10H,7-8,11H2,1H3,(H,22,23). The first-order valence-corrected chi connectivity index (χ1v) is 9.00. The molecular formula is C20H17NO3S. The SMILES string of the molecule is Cc1cc2c(s1)-c1c(CC(=O)O)cc(-c3ccccc3)c(=O)n1CC2. The third kappa shape index (κ3) is 2.70. The number of aryl methyl sites for hydroxylation is 2. The molecule has 2 aromatic heterocycles. The van der Waals surface area contributed by atoms with Gasteiger partial charge in [-0.15, -0.1) is 11.3 Å². The van der Waals surface area contributed by atoms with Crippen molar-refractivity contribution in [3.05, 3.63) is 68.8 Å². The van der Waals surface area contributed by atoms with E-state index in [1.807, 2.05) is 37.3 Å². The van der Waals surface area contributed by atoms with Gasteiger partial charge >= 0.3 is 5.97 Å². The van der Waals surface area contributed by atoms with Gasteiger partial charge in [-0.2, -0.15) is 0 Å².